The van der Waals surface area contributed by atoms with Gasteiger partial charge in [0.1, 0.15) is 30.1 Å². The lowest BCUT2D eigenvalue weighted by Crippen LogP contribution is -2.61. The van der Waals surface area contributed by atoms with E-state index in [2.05, 4.69) is 0 Å². The van der Waals surface area contributed by atoms with Crippen molar-refractivity contribution in [2.75, 3.05) is 27.9 Å². The van der Waals surface area contributed by atoms with Crippen molar-refractivity contribution in [2.24, 2.45) is 35.5 Å². The summed E-state index contributed by atoms with van der Waals surface area (Å²) < 4.78 is 29.4. The molecule has 2 saturated heterocycles. The summed E-state index contributed by atoms with van der Waals surface area (Å²) in [5.74, 6) is -7.96. The van der Waals surface area contributed by atoms with E-state index in [0.29, 0.717) is 63.4 Å². The van der Waals surface area contributed by atoms with Crippen molar-refractivity contribution in [1.82, 2.24) is 4.90 Å². The number of allylic oxidation sites excluding steroid dienone is 6. The number of aliphatic hydroxyl groups is 3. The van der Waals surface area contributed by atoms with Crippen molar-refractivity contribution in [2.45, 2.75) is 180 Å². The predicted octanol–water partition coefficient (Wildman–Crippen LogP) is 6.18. The number of esters is 1. The van der Waals surface area contributed by atoms with Gasteiger partial charge in [-0.05, 0) is 107 Å². The number of piperidine rings is 1. The van der Waals surface area contributed by atoms with Crippen LogP contribution in [0.15, 0.2) is 47.6 Å². The van der Waals surface area contributed by atoms with Crippen LogP contribution in [0, 0.1) is 35.5 Å². The number of hydrogen-bond acceptors (Lipinski definition) is 13. The topological polar surface area (TPSA) is 195 Å². The lowest BCUT2D eigenvalue weighted by Gasteiger charge is -2.42. The zero-order chi connectivity index (χ0) is 48.2. The quantitative estimate of drug-likeness (QED) is 0.156. The van der Waals surface area contributed by atoms with Crippen LogP contribution in [0.2, 0.25) is 0 Å². The number of ether oxygens (including phenoxy) is 5. The summed E-state index contributed by atoms with van der Waals surface area (Å²) in [7, 11) is 4.52. The van der Waals surface area contributed by atoms with Crippen molar-refractivity contribution >= 4 is 29.2 Å². The first-order valence-electron chi connectivity index (χ1n) is 23.9. The number of nitrogens with zero attached hydrogens (tertiary/aromatic N) is 1. The summed E-state index contributed by atoms with van der Waals surface area (Å²) in [5, 5.41) is 33.8. The smallest absolute Gasteiger partial charge is 0.329 e. The molecule has 14 heteroatoms. The molecule has 3 N–H and O–H groups in total. The average Bonchev–Trinajstić information content (AvgIpc) is 3.28. The number of amides is 1. The first-order chi connectivity index (χ1) is 30.7. The van der Waals surface area contributed by atoms with E-state index in [9.17, 15) is 39.3 Å². The molecule has 366 valence electrons. The molecule has 0 spiro atoms. The number of carbonyl (C=O) groups excluding carboxylic acids is 5. The molecule has 4 aliphatic rings. The number of carbonyl (C=O) groups is 5. The largest absolute Gasteiger partial charge is 0.460 e. The molecular weight excluding hydrogens is 835 g/mol. The highest BCUT2D eigenvalue weighted by Crippen LogP contribution is 2.38. The Hall–Kier alpha value is -3.37. The van der Waals surface area contributed by atoms with E-state index in [-0.39, 0.29) is 54.8 Å². The minimum absolute atomic E-state index is 0.0193. The van der Waals surface area contributed by atoms with Crippen molar-refractivity contribution in [3.05, 3.63) is 47.6 Å². The van der Waals surface area contributed by atoms with Gasteiger partial charge in [-0.3, -0.25) is 19.2 Å². The Kier molecular flexibility index (Phi) is 21.0. The zero-order valence-electron chi connectivity index (χ0n) is 40.6. The maximum Gasteiger partial charge on any atom is 0.329 e. The molecule has 3 heterocycles. The molecule has 0 radical (unpaired) electrons. The first-order valence-corrected chi connectivity index (χ1v) is 23.9. The van der Waals surface area contributed by atoms with Gasteiger partial charge < -0.3 is 43.9 Å². The van der Waals surface area contributed by atoms with E-state index in [1.165, 1.54) is 12.0 Å². The maximum atomic E-state index is 14.4. The molecule has 1 aliphatic carbocycles. The van der Waals surface area contributed by atoms with Crippen molar-refractivity contribution in [3.8, 4) is 0 Å². The van der Waals surface area contributed by atoms with Gasteiger partial charge in [-0.15, -0.1) is 0 Å². The van der Waals surface area contributed by atoms with E-state index >= 15 is 0 Å². The first kappa shape index (κ1) is 54.2. The zero-order valence-corrected chi connectivity index (χ0v) is 40.6. The van der Waals surface area contributed by atoms with Gasteiger partial charge in [0.05, 0.1) is 24.4 Å². The van der Waals surface area contributed by atoms with Crippen LogP contribution >= 0.6 is 0 Å². The van der Waals surface area contributed by atoms with Gasteiger partial charge in [-0.1, -0.05) is 71.1 Å². The van der Waals surface area contributed by atoms with Gasteiger partial charge in [0.15, 0.2) is 5.78 Å². The highest BCUT2D eigenvalue weighted by atomic mass is 16.6. The van der Waals surface area contributed by atoms with Gasteiger partial charge >= 0.3 is 5.97 Å². The number of hydrogen-bond donors (Lipinski definition) is 3. The molecule has 1 saturated carbocycles. The van der Waals surface area contributed by atoms with Crippen LogP contribution in [-0.2, 0) is 47.7 Å². The summed E-state index contributed by atoms with van der Waals surface area (Å²) in [6, 6.07) is -1.14. The third kappa shape index (κ3) is 14.3. The normalized spacial score (nSPS) is 40.4. The van der Waals surface area contributed by atoms with Gasteiger partial charge in [-0.2, -0.15) is 0 Å². The third-order valence-electron chi connectivity index (χ3n) is 14.5. The molecule has 15 atom stereocenters. The standard InChI is InChI=1S/C51H79NO13/c1-30-16-12-11-13-17-31(2)42(61-8)28-38-21-19-36(7)51(60,65-38)48(57)49(58)52-23-15-14-18-39(52)50(59)64-43(33(4)26-37-20-22-40(53)44(27-37)62-9)29-41(54)32(3)25-35(6)46(56)47(63-10)45(55)34(5)24-30/h11-13,16-17,25,30,32-34,36-40,42-44,46-47,53,56,60H,14-15,18-24,26-29H2,1-10H3/b13-11+,16-12+,31-17-,35-25+/t30-,32-,33-,34-,36-,37+,38+,39+,40-,42+,43?,44-,46+,47+,51-/m1/s1. The second-order valence-electron chi connectivity index (χ2n) is 19.6. The molecule has 2 bridgehead atoms. The monoisotopic (exact) mass is 914 g/mol. The van der Waals surface area contributed by atoms with Gasteiger partial charge in [-0.25, -0.2) is 4.79 Å². The van der Waals surface area contributed by atoms with E-state index in [1.54, 1.807) is 41.1 Å². The van der Waals surface area contributed by atoms with Crippen LogP contribution in [0.1, 0.15) is 126 Å². The summed E-state index contributed by atoms with van der Waals surface area (Å²) >= 11 is 0. The van der Waals surface area contributed by atoms with Gasteiger partial charge in [0.25, 0.3) is 11.7 Å². The fourth-order valence-corrected chi connectivity index (χ4v) is 10.1. The number of fused-ring (bicyclic) bond motifs is 3. The van der Waals surface area contributed by atoms with Crippen LogP contribution in [-0.4, -0.2) is 132 Å². The van der Waals surface area contributed by atoms with E-state index < -0.39 is 83.9 Å². The van der Waals surface area contributed by atoms with Crippen LogP contribution in [0.4, 0.5) is 0 Å². The van der Waals surface area contributed by atoms with Crippen LogP contribution in [0.3, 0.4) is 0 Å². The maximum absolute atomic E-state index is 14.4. The Morgan fingerprint density at radius 1 is 0.846 bits per heavy atom. The minimum Gasteiger partial charge on any atom is -0.460 e. The highest BCUT2D eigenvalue weighted by Gasteiger charge is 2.53. The summed E-state index contributed by atoms with van der Waals surface area (Å²) in [6.45, 7) is 12.7. The SMILES string of the molecule is CO[C@H]1C[C@@H]2CC[C@@H](C)[C@@](O)(O2)C(=O)C(=O)N2CCCC[C@H]2C(=O)OC([C@H](C)C[C@@H]2CC[C@@H](O)[C@H](OC)C2)CC(=O)[C@H](C)/C=C(\C)[C@H](O)[C@@H](OC)C(=O)[C@H](C)C[C@H](C)/C=C/C=C/C=C\1C. The van der Waals surface area contributed by atoms with E-state index in [1.807, 2.05) is 58.1 Å². The lowest BCUT2D eigenvalue weighted by atomic mass is 9.78. The molecule has 4 rings (SSSR count). The predicted molar refractivity (Wildman–Crippen MR) is 245 cm³/mol. The number of ketones is 3. The molecule has 1 amide bonds. The van der Waals surface area contributed by atoms with E-state index in [0.717, 1.165) is 12.0 Å². The number of Topliss-reactive ketones (excluding diaryl/α,β-unsaturated/α-hetero) is 3. The summed E-state index contributed by atoms with van der Waals surface area (Å²) in [5.41, 5.74) is 1.27. The Morgan fingerprint density at radius 3 is 2.25 bits per heavy atom. The Balaban J connectivity index is 1.70. The summed E-state index contributed by atoms with van der Waals surface area (Å²) in [4.78, 5) is 71.8. The van der Waals surface area contributed by atoms with Crippen molar-refractivity contribution in [1.29, 1.82) is 0 Å². The average molecular weight is 914 g/mol. The molecule has 0 aromatic heterocycles. The Bertz CT molecular complexity index is 1760. The number of methoxy groups -OCH3 is 3. The second-order valence-corrected chi connectivity index (χ2v) is 19.6. The number of cyclic esters (lactones) is 1. The van der Waals surface area contributed by atoms with Crippen molar-refractivity contribution < 1.29 is 63.0 Å². The summed E-state index contributed by atoms with van der Waals surface area (Å²) in [6.07, 6.45) is 11.2. The highest BCUT2D eigenvalue weighted by molar-refractivity contribution is 6.39. The number of aliphatic hydroxyl groups excluding tert-OH is 2. The third-order valence-corrected chi connectivity index (χ3v) is 14.5. The lowest BCUT2D eigenvalue weighted by molar-refractivity contribution is -0.265. The second kappa shape index (κ2) is 25.1. The molecule has 3 aliphatic heterocycles. The Labute approximate surface area is 387 Å². The van der Waals surface area contributed by atoms with Gasteiger partial charge in [0.2, 0.25) is 5.79 Å². The number of rotatable bonds is 6. The fourth-order valence-electron chi connectivity index (χ4n) is 10.1. The molecule has 1 unspecified atom stereocenters. The molecule has 0 aromatic carbocycles. The molecule has 0 aromatic rings. The Morgan fingerprint density at radius 2 is 1.57 bits per heavy atom. The molecule has 65 heavy (non-hydrogen) atoms. The molecule has 14 nitrogen and oxygen atoms in total. The minimum atomic E-state index is -2.43. The fraction of sp³-hybridized carbons (Fsp3) is 0.745. The van der Waals surface area contributed by atoms with Crippen LogP contribution in [0.5, 0.6) is 0 Å². The van der Waals surface area contributed by atoms with Crippen LogP contribution < -0.4 is 0 Å². The molecular formula is C51H79NO13. The van der Waals surface area contributed by atoms with Crippen LogP contribution in [0.25, 0.3) is 0 Å². The van der Waals surface area contributed by atoms with Crippen molar-refractivity contribution in [3.63, 3.8) is 0 Å². The molecule has 3 fully saturated rings. The van der Waals surface area contributed by atoms with E-state index in [4.69, 9.17) is 23.7 Å². The van der Waals surface area contributed by atoms with Gasteiger partial charge in [0, 0.05) is 58.5 Å².